The Morgan fingerprint density at radius 1 is 1.18 bits per heavy atom. The van der Waals surface area contributed by atoms with Crippen molar-refractivity contribution in [3.63, 3.8) is 0 Å². The fraction of sp³-hybridized carbons (Fsp3) is 0.545. The van der Waals surface area contributed by atoms with Crippen LogP contribution in [0.15, 0.2) is 6.07 Å². The van der Waals surface area contributed by atoms with Gasteiger partial charge in [0.2, 0.25) is 5.95 Å². The molecule has 92 valence electrons. The minimum absolute atomic E-state index is 0.506. The molecule has 2 rings (SSSR count). The number of piperazine rings is 1. The molecule has 0 atom stereocenters. The van der Waals surface area contributed by atoms with Crippen molar-refractivity contribution in [1.82, 2.24) is 14.9 Å². The summed E-state index contributed by atoms with van der Waals surface area (Å²) in [5, 5.41) is 8.86. The normalized spacial score (nSPS) is 16.1. The predicted octanol–water partition coefficient (Wildman–Crippen LogP) is 0.893. The van der Waals surface area contributed by atoms with Crippen molar-refractivity contribution in [2.24, 2.45) is 0 Å². The van der Waals surface area contributed by atoms with E-state index in [1.54, 1.807) is 0 Å². The zero-order valence-corrected chi connectivity index (χ0v) is 10.1. The summed E-state index contributed by atoms with van der Waals surface area (Å²) in [6.07, 6.45) is -0.856. The molecule has 0 spiro atoms. The highest BCUT2D eigenvalue weighted by Crippen LogP contribution is 2.12. The minimum Gasteiger partial charge on any atom is -0.465 e. The molecule has 1 amide bonds. The third-order valence-corrected chi connectivity index (χ3v) is 2.80. The molecule has 1 aliphatic heterocycles. The molecule has 0 bridgehead atoms. The van der Waals surface area contributed by atoms with Gasteiger partial charge in [0.1, 0.15) is 0 Å². The van der Waals surface area contributed by atoms with Crippen molar-refractivity contribution >= 4 is 12.0 Å². The van der Waals surface area contributed by atoms with E-state index in [0.717, 1.165) is 11.4 Å². The van der Waals surface area contributed by atoms with Crippen molar-refractivity contribution in [2.45, 2.75) is 13.8 Å². The standard InChI is InChI=1S/C11H16N4O2/c1-8-7-9(2)13-10(12-8)14-3-5-15(6-4-14)11(16)17/h7H,3-6H2,1-2H3,(H,16,17). The SMILES string of the molecule is Cc1cc(C)nc(N2CCN(C(=O)O)CC2)n1. The van der Waals surface area contributed by atoms with Gasteiger partial charge >= 0.3 is 6.09 Å². The van der Waals surface area contributed by atoms with E-state index < -0.39 is 6.09 Å². The molecule has 1 aromatic rings. The second kappa shape index (κ2) is 4.57. The summed E-state index contributed by atoms with van der Waals surface area (Å²) in [7, 11) is 0. The van der Waals surface area contributed by atoms with Gasteiger partial charge < -0.3 is 14.9 Å². The van der Waals surface area contributed by atoms with Gasteiger partial charge in [-0.3, -0.25) is 0 Å². The first-order chi connectivity index (χ1) is 8.06. The van der Waals surface area contributed by atoms with Crippen molar-refractivity contribution in [3.05, 3.63) is 17.5 Å². The highest BCUT2D eigenvalue weighted by molar-refractivity contribution is 5.65. The molecular weight excluding hydrogens is 220 g/mol. The summed E-state index contributed by atoms with van der Waals surface area (Å²) in [6, 6.07) is 1.93. The van der Waals surface area contributed by atoms with E-state index in [2.05, 4.69) is 9.97 Å². The molecule has 2 heterocycles. The van der Waals surface area contributed by atoms with Crippen LogP contribution >= 0.6 is 0 Å². The second-order valence-electron chi connectivity index (χ2n) is 4.21. The number of aromatic nitrogens is 2. The summed E-state index contributed by atoms with van der Waals surface area (Å²) in [4.78, 5) is 23.0. The lowest BCUT2D eigenvalue weighted by Crippen LogP contribution is -2.48. The number of carboxylic acid groups (broad SMARTS) is 1. The minimum atomic E-state index is -0.856. The molecule has 1 aliphatic rings. The fourth-order valence-electron chi connectivity index (χ4n) is 1.95. The number of aryl methyl sites for hydroxylation is 2. The lowest BCUT2D eigenvalue weighted by Gasteiger charge is -2.33. The number of hydrogen-bond acceptors (Lipinski definition) is 4. The summed E-state index contributed by atoms with van der Waals surface area (Å²) >= 11 is 0. The molecule has 0 unspecified atom stereocenters. The van der Waals surface area contributed by atoms with Crippen molar-refractivity contribution in [2.75, 3.05) is 31.1 Å². The quantitative estimate of drug-likeness (QED) is 0.784. The topological polar surface area (TPSA) is 69.6 Å². The Morgan fingerprint density at radius 2 is 1.71 bits per heavy atom. The maximum Gasteiger partial charge on any atom is 0.407 e. The molecule has 0 aromatic carbocycles. The summed E-state index contributed by atoms with van der Waals surface area (Å²) in [6.45, 7) is 6.18. The van der Waals surface area contributed by atoms with E-state index in [9.17, 15) is 4.79 Å². The maximum absolute atomic E-state index is 10.8. The Morgan fingerprint density at radius 3 is 2.18 bits per heavy atom. The van der Waals surface area contributed by atoms with Gasteiger partial charge in [-0.15, -0.1) is 0 Å². The van der Waals surface area contributed by atoms with E-state index in [-0.39, 0.29) is 0 Å². The Kier molecular flexibility index (Phi) is 3.12. The molecule has 1 aromatic heterocycles. The smallest absolute Gasteiger partial charge is 0.407 e. The van der Waals surface area contributed by atoms with Crippen LogP contribution in [0.5, 0.6) is 0 Å². The van der Waals surface area contributed by atoms with Crippen molar-refractivity contribution < 1.29 is 9.90 Å². The lowest BCUT2D eigenvalue weighted by molar-refractivity contribution is 0.142. The van der Waals surface area contributed by atoms with Gasteiger partial charge in [0.15, 0.2) is 0 Å². The Bertz CT molecular complexity index is 407. The Labute approximate surface area is 99.9 Å². The third kappa shape index (κ3) is 2.64. The molecule has 6 nitrogen and oxygen atoms in total. The van der Waals surface area contributed by atoms with Crippen LogP contribution in [0.4, 0.5) is 10.7 Å². The monoisotopic (exact) mass is 236 g/mol. The molecule has 0 saturated carbocycles. The molecule has 0 aliphatic carbocycles. The first kappa shape index (κ1) is 11.6. The number of anilines is 1. The molecule has 1 fully saturated rings. The lowest BCUT2D eigenvalue weighted by atomic mass is 10.3. The van der Waals surface area contributed by atoms with Gasteiger partial charge in [0.05, 0.1) is 0 Å². The number of amides is 1. The van der Waals surface area contributed by atoms with E-state index in [1.807, 2.05) is 24.8 Å². The van der Waals surface area contributed by atoms with E-state index >= 15 is 0 Å². The van der Waals surface area contributed by atoms with Gasteiger partial charge in [0, 0.05) is 37.6 Å². The highest BCUT2D eigenvalue weighted by Gasteiger charge is 2.21. The van der Waals surface area contributed by atoms with Crippen LogP contribution in [-0.2, 0) is 0 Å². The number of nitrogens with zero attached hydrogens (tertiary/aromatic N) is 4. The Hall–Kier alpha value is -1.85. The van der Waals surface area contributed by atoms with Gasteiger partial charge in [-0.1, -0.05) is 0 Å². The number of rotatable bonds is 1. The zero-order valence-electron chi connectivity index (χ0n) is 10.1. The van der Waals surface area contributed by atoms with Crippen molar-refractivity contribution in [3.8, 4) is 0 Å². The molecular formula is C11H16N4O2. The van der Waals surface area contributed by atoms with Gasteiger partial charge in [-0.25, -0.2) is 14.8 Å². The van der Waals surface area contributed by atoms with Crippen LogP contribution in [0.1, 0.15) is 11.4 Å². The molecule has 17 heavy (non-hydrogen) atoms. The van der Waals surface area contributed by atoms with E-state index in [0.29, 0.717) is 32.1 Å². The highest BCUT2D eigenvalue weighted by atomic mass is 16.4. The van der Waals surface area contributed by atoms with Crippen LogP contribution in [0.3, 0.4) is 0 Å². The van der Waals surface area contributed by atoms with Gasteiger partial charge in [-0.2, -0.15) is 0 Å². The van der Waals surface area contributed by atoms with Crippen LogP contribution in [-0.4, -0.2) is 52.2 Å². The molecule has 1 N–H and O–H groups in total. The van der Waals surface area contributed by atoms with Gasteiger partial charge in [0.25, 0.3) is 0 Å². The van der Waals surface area contributed by atoms with Crippen LogP contribution in [0.2, 0.25) is 0 Å². The zero-order chi connectivity index (χ0) is 12.4. The van der Waals surface area contributed by atoms with Gasteiger partial charge in [-0.05, 0) is 19.9 Å². The first-order valence-electron chi connectivity index (χ1n) is 5.61. The predicted molar refractivity (Wildman–Crippen MR) is 63.3 cm³/mol. The van der Waals surface area contributed by atoms with Crippen LogP contribution in [0, 0.1) is 13.8 Å². The average molecular weight is 236 g/mol. The summed E-state index contributed by atoms with van der Waals surface area (Å²) < 4.78 is 0. The fourth-order valence-corrected chi connectivity index (χ4v) is 1.95. The average Bonchev–Trinajstić information content (AvgIpc) is 2.28. The number of hydrogen-bond donors (Lipinski definition) is 1. The van der Waals surface area contributed by atoms with Crippen molar-refractivity contribution in [1.29, 1.82) is 0 Å². The van der Waals surface area contributed by atoms with E-state index in [4.69, 9.17) is 5.11 Å². The molecule has 6 heteroatoms. The third-order valence-electron chi connectivity index (χ3n) is 2.80. The maximum atomic E-state index is 10.8. The van der Waals surface area contributed by atoms with E-state index in [1.165, 1.54) is 4.90 Å². The summed E-state index contributed by atoms with van der Waals surface area (Å²) in [5.74, 6) is 0.701. The second-order valence-corrected chi connectivity index (χ2v) is 4.21. The largest absolute Gasteiger partial charge is 0.465 e. The summed E-state index contributed by atoms with van der Waals surface area (Å²) in [5.41, 5.74) is 1.88. The molecule has 0 radical (unpaired) electrons. The molecule has 1 saturated heterocycles. The Balaban J connectivity index is 2.07. The van der Waals surface area contributed by atoms with Crippen LogP contribution in [0.25, 0.3) is 0 Å². The van der Waals surface area contributed by atoms with Crippen LogP contribution < -0.4 is 4.90 Å². The number of carbonyl (C=O) groups is 1. The first-order valence-corrected chi connectivity index (χ1v) is 5.61.